The van der Waals surface area contributed by atoms with E-state index in [1.54, 1.807) is 7.11 Å². The fraction of sp³-hybridized carbons (Fsp3) is 0.615. The number of methoxy groups -OCH3 is 1. The lowest BCUT2D eigenvalue weighted by atomic mass is 9.89. The zero-order valence-electron chi connectivity index (χ0n) is 10.4. The highest BCUT2D eigenvalue weighted by atomic mass is 79.9. The van der Waals surface area contributed by atoms with Gasteiger partial charge in [0, 0.05) is 29.9 Å². The number of nitrogens with one attached hydrogen (secondary N) is 1. The van der Waals surface area contributed by atoms with Gasteiger partial charge in [0.05, 0.1) is 6.10 Å². The van der Waals surface area contributed by atoms with Gasteiger partial charge >= 0.3 is 0 Å². The smallest absolute Gasteiger partial charge is 0.268 e. The van der Waals surface area contributed by atoms with Crippen LogP contribution in [0.1, 0.15) is 42.2 Å². The molecule has 0 aromatic carbocycles. The molecule has 1 heterocycles. The number of hydrogen-bond acceptors (Lipinski definition) is 2. The lowest BCUT2D eigenvalue weighted by Gasteiger charge is -2.34. The number of amides is 1. The summed E-state index contributed by atoms with van der Waals surface area (Å²) in [6, 6.07) is 2.69. The predicted octanol–water partition coefficient (Wildman–Crippen LogP) is 2.49. The normalized spacial score (nSPS) is 26.8. The summed E-state index contributed by atoms with van der Waals surface area (Å²) < 4.78 is 8.28. The molecule has 2 aliphatic carbocycles. The Morgan fingerprint density at radius 1 is 1.50 bits per heavy atom. The molecule has 0 radical (unpaired) electrons. The second kappa shape index (κ2) is 4.70. The van der Waals surface area contributed by atoms with Gasteiger partial charge in [-0.05, 0) is 47.7 Å². The van der Waals surface area contributed by atoms with Crippen LogP contribution in [-0.4, -0.2) is 29.7 Å². The molecule has 18 heavy (non-hydrogen) atoms. The first kappa shape index (κ1) is 12.2. The highest BCUT2D eigenvalue weighted by Crippen LogP contribution is 2.37. The molecule has 4 nitrogen and oxygen atoms in total. The molecule has 0 bridgehead atoms. The number of aromatic nitrogens is 1. The van der Waals surface area contributed by atoms with Gasteiger partial charge in [0.2, 0.25) is 0 Å². The van der Waals surface area contributed by atoms with Crippen LogP contribution in [0.3, 0.4) is 0 Å². The fourth-order valence-corrected chi connectivity index (χ4v) is 2.86. The lowest BCUT2D eigenvalue weighted by molar-refractivity contribution is 0.0175. The summed E-state index contributed by atoms with van der Waals surface area (Å²) >= 11 is 3.44. The van der Waals surface area contributed by atoms with E-state index in [0.29, 0.717) is 12.1 Å². The molecule has 0 saturated heterocycles. The first-order chi connectivity index (χ1) is 8.67. The third-order valence-corrected chi connectivity index (χ3v) is 4.19. The summed E-state index contributed by atoms with van der Waals surface area (Å²) in [6.45, 7) is 0. The third kappa shape index (κ3) is 2.34. The van der Waals surface area contributed by atoms with Crippen molar-refractivity contribution in [3.8, 4) is 0 Å². The summed E-state index contributed by atoms with van der Waals surface area (Å²) in [4.78, 5) is 12.2. The number of nitrogens with zero attached hydrogens (tertiary/aromatic N) is 1. The van der Waals surface area contributed by atoms with Crippen molar-refractivity contribution in [1.82, 2.24) is 9.88 Å². The van der Waals surface area contributed by atoms with E-state index >= 15 is 0 Å². The minimum atomic E-state index is 0.0344. The predicted molar refractivity (Wildman–Crippen MR) is 71.7 cm³/mol. The van der Waals surface area contributed by atoms with Gasteiger partial charge in [-0.2, -0.15) is 0 Å². The van der Waals surface area contributed by atoms with Crippen molar-refractivity contribution in [2.45, 2.75) is 43.9 Å². The molecule has 0 atom stereocenters. The van der Waals surface area contributed by atoms with Crippen LogP contribution < -0.4 is 5.32 Å². The van der Waals surface area contributed by atoms with Crippen LogP contribution >= 0.6 is 15.9 Å². The molecular weight excluding hydrogens is 296 g/mol. The van der Waals surface area contributed by atoms with Gasteiger partial charge in [0.1, 0.15) is 5.69 Å². The SMILES string of the molecule is COC1CC(NC(=O)c2cc(Br)cn2C2CC2)C1. The Labute approximate surface area is 115 Å². The van der Waals surface area contributed by atoms with Crippen molar-refractivity contribution in [3.05, 3.63) is 22.4 Å². The van der Waals surface area contributed by atoms with E-state index in [4.69, 9.17) is 4.74 Å². The van der Waals surface area contributed by atoms with Gasteiger partial charge in [-0.3, -0.25) is 4.79 Å². The van der Waals surface area contributed by atoms with Crippen LogP contribution in [0, 0.1) is 0 Å². The maximum Gasteiger partial charge on any atom is 0.268 e. The Morgan fingerprint density at radius 3 is 2.83 bits per heavy atom. The monoisotopic (exact) mass is 312 g/mol. The Morgan fingerprint density at radius 2 is 2.22 bits per heavy atom. The van der Waals surface area contributed by atoms with Crippen LogP contribution in [0.25, 0.3) is 0 Å². The minimum Gasteiger partial charge on any atom is -0.381 e. The number of halogens is 1. The van der Waals surface area contributed by atoms with E-state index in [0.717, 1.165) is 23.0 Å². The molecule has 1 N–H and O–H groups in total. The molecule has 2 aliphatic rings. The maximum atomic E-state index is 12.2. The largest absolute Gasteiger partial charge is 0.381 e. The van der Waals surface area contributed by atoms with Crippen molar-refractivity contribution >= 4 is 21.8 Å². The first-order valence-corrected chi connectivity index (χ1v) is 7.17. The van der Waals surface area contributed by atoms with Gasteiger partial charge in [-0.15, -0.1) is 0 Å². The van der Waals surface area contributed by atoms with Crippen molar-refractivity contribution in [1.29, 1.82) is 0 Å². The molecule has 5 heteroatoms. The standard InChI is InChI=1S/C13H17BrN2O2/c1-18-11-5-9(6-11)15-13(17)12-4-8(14)7-16(12)10-2-3-10/h4,7,9-11H,2-3,5-6H2,1H3,(H,15,17). The summed E-state index contributed by atoms with van der Waals surface area (Å²) in [6.07, 6.45) is 6.52. The van der Waals surface area contributed by atoms with E-state index in [1.165, 1.54) is 12.8 Å². The molecule has 98 valence electrons. The summed E-state index contributed by atoms with van der Waals surface area (Å²) in [5, 5.41) is 3.07. The quantitative estimate of drug-likeness (QED) is 0.928. The second-order valence-electron chi connectivity index (χ2n) is 5.18. The van der Waals surface area contributed by atoms with Crippen molar-refractivity contribution in [2.75, 3.05) is 7.11 Å². The Bertz CT molecular complexity index is 462. The maximum absolute atomic E-state index is 12.2. The molecule has 0 aliphatic heterocycles. The molecular formula is C13H17BrN2O2. The van der Waals surface area contributed by atoms with Crippen LogP contribution in [0.15, 0.2) is 16.7 Å². The van der Waals surface area contributed by atoms with Crippen LogP contribution in [0.5, 0.6) is 0 Å². The topological polar surface area (TPSA) is 43.3 Å². The fourth-order valence-electron chi connectivity index (χ4n) is 2.42. The van der Waals surface area contributed by atoms with E-state index in [-0.39, 0.29) is 11.9 Å². The van der Waals surface area contributed by atoms with Gasteiger partial charge in [0.25, 0.3) is 5.91 Å². The molecule has 1 amide bonds. The summed E-state index contributed by atoms with van der Waals surface area (Å²) in [5.74, 6) is 0.0344. The molecule has 0 spiro atoms. The molecule has 3 rings (SSSR count). The highest BCUT2D eigenvalue weighted by molar-refractivity contribution is 9.10. The zero-order valence-corrected chi connectivity index (χ0v) is 11.9. The molecule has 2 saturated carbocycles. The van der Waals surface area contributed by atoms with E-state index in [9.17, 15) is 4.79 Å². The number of ether oxygens (including phenoxy) is 1. The van der Waals surface area contributed by atoms with Crippen LogP contribution in [-0.2, 0) is 4.74 Å². The van der Waals surface area contributed by atoms with Crippen molar-refractivity contribution in [3.63, 3.8) is 0 Å². The first-order valence-electron chi connectivity index (χ1n) is 6.38. The van der Waals surface area contributed by atoms with Gasteiger partial charge < -0.3 is 14.6 Å². The van der Waals surface area contributed by atoms with Gasteiger partial charge in [-0.1, -0.05) is 0 Å². The van der Waals surface area contributed by atoms with Crippen molar-refractivity contribution < 1.29 is 9.53 Å². The van der Waals surface area contributed by atoms with Crippen LogP contribution in [0.4, 0.5) is 0 Å². The number of carbonyl (C=O) groups is 1. The van der Waals surface area contributed by atoms with Gasteiger partial charge in [-0.25, -0.2) is 0 Å². The summed E-state index contributed by atoms with van der Waals surface area (Å²) in [5.41, 5.74) is 0.769. The average molecular weight is 313 g/mol. The second-order valence-corrected chi connectivity index (χ2v) is 6.10. The van der Waals surface area contributed by atoms with E-state index < -0.39 is 0 Å². The zero-order chi connectivity index (χ0) is 12.7. The molecule has 0 unspecified atom stereocenters. The Kier molecular flexibility index (Phi) is 3.20. The minimum absolute atomic E-state index is 0.0344. The van der Waals surface area contributed by atoms with Crippen LogP contribution in [0.2, 0.25) is 0 Å². The molecule has 1 aromatic heterocycles. The Balaban J connectivity index is 1.65. The number of hydrogen-bond donors (Lipinski definition) is 1. The number of rotatable bonds is 4. The Hall–Kier alpha value is -0.810. The highest BCUT2D eigenvalue weighted by Gasteiger charge is 2.32. The average Bonchev–Trinajstić information content (AvgIpc) is 3.06. The lowest BCUT2D eigenvalue weighted by Crippen LogP contribution is -2.47. The summed E-state index contributed by atoms with van der Waals surface area (Å²) in [7, 11) is 1.72. The van der Waals surface area contributed by atoms with E-state index in [1.807, 2.05) is 12.3 Å². The number of carbonyl (C=O) groups excluding carboxylic acids is 1. The third-order valence-electron chi connectivity index (χ3n) is 3.75. The molecule has 2 fully saturated rings. The van der Waals surface area contributed by atoms with Gasteiger partial charge in [0.15, 0.2) is 0 Å². The van der Waals surface area contributed by atoms with E-state index in [2.05, 4.69) is 25.8 Å². The molecule has 1 aromatic rings. The van der Waals surface area contributed by atoms with Crippen molar-refractivity contribution in [2.24, 2.45) is 0 Å².